The van der Waals surface area contributed by atoms with Crippen molar-refractivity contribution in [1.29, 1.82) is 0 Å². The Bertz CT molecular complexity index is 1150. The lowest BCUT2D eigenvalue weighted by Crippen LogP contribution is -2.07. The van der Waals surface area contributed by atoms with E-state index in [-0.39, 0.29) is 12.2 Å². The van der Waals surface area contributed by atoms with Crippen molar-refractivity contribution in [2.24, 2.45) is 0 Å². The molecule has 0 unspecified atom stereocenters. The summed E-state index contributed by atoms with van der Waals surface area (Å²) in [6.45, 7) is 2.36. The number of carbonyl (C=O) groups excluding carboxylic acids is 1. The number of rotatable bonds is 7. The number of hydrogen-bond donors (Lipinski definition) is 0. The van der Waals surface area contributed by atoms with E-state index in [2.05, 4.69) is 16.8 Å². The molecule has 3 aromatic rings. The maximum atomic E-state index is 13.3. The summed E-state index contributed by atoms with van der Waals surface area (Å²) in [5.41, 5.74) is 0.743. The van der Waals surface area contributed by atoms with Crippen LogP contribution in [0, 0.1) is 11.8 Å². The maximum Gasteiger partial charge on any atom is 0.417 e. The molecule has 33 heavy (non-hydrogen) atoms. The molecule has 0 radical (unpaired) electrons. The van der Waals surface area contributed by atoms with Gasteiger partial charge in [0.05, 0.1) is 30.5 Å². The lowest BCUT2D eigenvalue weighted by atomic mass is 9.99. The summed E-state index contributed by atoms with van der Waals surface area (Å²) in [7, 11) is 0. The van der Waals surface area contributed by atoms with Crippen LogP contribution in [0.1, 0.15) is 46.0 Å². The van der Waals surface area contributed by atoms with E-state index >= 15 is 0 Å². The van der Waals surface area contributed by atoms with Gasteiger partial charge >= 0.3 is 12.1 Å². The Hall–Kier alpha value is -3.79. The third-order valence-corrected chi connectivity index (χ3v) is 4.67. The Morgan fingerprint density at radius 2 is 1.82 bits per heavy atom. The van der Waals surface area contributed by atoms with Crippen molar-refractivity contribution in [3.05, 3.63) is 94.8 Å². The van der Waals surface area contributed by atoms with Crippen LogP contribution in [0.15, 0.2) is 67.0 Å². The highest BCUT2D eigenvalue weighted by Crippen LogP contribution is 2.31. The number of esters is 1. The van der Waals surface area contributed by atoms with Gasteiger partial charge in [0.1, 0.15) is 5.75 Å². The topological polar surface area (TPSA) is 48.4 Å². The van der Waals surface area contributed by atoms with Gasteiger partial charge in [-0.15, -0.1) is 0 Å². The van der Waals surface area contributed by atoms with Gasteiger partial charge in [-0.05, 0) is 67.8 Å². The predicted molar refractivity (Wildman–Crippen MR) is 118 cm³/mol. The zero-order valence-corrected chi connectivity index (χ0v) is 18.0. The first-order chi connectivity index (χ1) is 15.9. The number of hydrogen-bond acceptors (Lipinski definition) is 4. The smallest absolute Gasteiger partial charge is 0.417 e. The van der Waals surface area contributed by atoms with Gasteiger partial charge in [-0.1, -0.05) is 24.0 Å². The minimum atomic E-state index is -4.49. The Morgan fingerprint density at radius 3 is 2.55 bits per heavy atom. The second kappa shape index (κ2) is 11.2. The van der Waals surface area contributed by atoms with E-state index in [4.69, 9.17) is 9.47 Å². The maximum absolute atomic E-state index is 13.3. The first-order valence-electron chi connectivity index (χ1n) is 10.4. The quantitative estimate of drug-likeness (QED) is 0.262. The van der Waals surface area contributed by atoms with Crippen LogP contribution in [-0.4, -0.2) is 24.2 Å². The molecule has 0 spiro atoms. The van der Waals surface area contributed by atoms with E-state index in [1.54, 1.807) is 49.6 Å². The Labute approximate surface area is 190 Å². The molecule has 0 aliphatic heterocycles. The minimum Gasteiger partial charge on any atom is -0.492 e. The summed E-state index contributed by atoms with van der Waals surface area (Å²) in [6.07, 6.45) is -0.120. The van der Waals surface area contributed by atoms with Crippen molar-refractivity contribution in [3.63, 3.8) is 0 Å². The summed E-state index contributed by atoms with van der Waals surface area (Å²) in [4.78, 5) is 16.1. The molecule has 1 heterocycles. The summed E-state index contributed by atoms with van der Waals surface area (Å²) in [6, 6.07) is 13.6. The van der Waals surface area contributed by atoms with Gasteiger partial charge in [0, 0.05) is 17.3 Å². The first kappa shape index (κ1) is 23.9. The number of carbonyl (C=O) groups is 1. The molecule has 0 saturated heterocycles. The molecule has 0 atom stereocenters. The van der Waals surface area contributed by atoms with Crippen molar-refractivity contribution in [2.75, 3.05) is 13.2 Å². The molecule has 0 amide bonds. The Balaban J connectivity index is 1.84. The molecule has 0 bridgehead atoms. The number of pyridine rings is 1. The highest BCUT2D eigenvalue weighted by Gasteiger charge is 2.32. The predicted octanol–water partition coefficient (Wildman–Crippen LogP) is 5.69. The summed E-state index contributed by atoms with van der Waals surface area (Å²) >= 11 is 0. The highest BCUT2D eigenvalue weighted by molar-refractivity contribution is 5.89. The number of aromatic nitrogens is 1. The van der Waals surface area contributed by atoms with Gasteiger partial charge in [-0.2, -0.15) is 13.2 Å². The van der Waals surface area contributed by atoms with E-state index in [1.807, 2.05) is 0 Å². The average molecular weight is 453 g/mol. The molecule has 4 nitrogen and oxygen atoms in total. The van der Waals surface area contributed by atoms with E-state index in [0.29, 0.717) is 36.3 Å². The lowest BCUT2D eigenvalue weighted by Gasteiger charge is -2.10. The summed E-state index contributed by atoms with van der Waals surface area (Å²) < 4.78 is 50.5. The third kappa shape index (κ3) is 6.84. The Morgan fingerprint density at radius 1 is 1.03 bits per heavy atom. The average Bonchev–Trinajstić information content (AvgIpc) is 2.81. The normalized spacial score (nSPS) is 10.8. The number of benzene rings is 2. The monoisotopic (exact) mass is 453 g/mol. The van der Waals surface area contributed by atoms with Gasteiger partial charge in [-0.25, -0.2) is 4.79 Å². The van der Waals surface area contributed by atoms with E-state index in [1.165, 1.54) is 18.2 Å². The van der Waals surface area contributed by atoms with Crippen molar-refractivity contribution < 1.29 is 27.4 Å². The number of alkyl halides is 3. The van der Waals surface area contributed by atoms with Gasteiger partial charge < -0.3 is 9.47 Å². The van der Waals surface area contributed by atoms with Gasteiger partial charge in [0.15, 0.2) is 0 Å². The molecule has 1 aromatic heterocycles. The Kier molecular flexibility index (Phi) is 8.09. The van der Waals surface area contributed by atoms with Crippen LogP contribution >= 0.6 is 0 Å². The van der Waals surface area contributed by atoms with E-state index < -0.39 is 17.7 Å². The van der Waals surface area contributed by atoms with Crippen LogP contribution in [0.5, 0.6) is 5.75 Å². The van der Waals surface area contributed by atoms with Crippen LogP contribution in [0.2, 0.25) is 0 Å². The third-order valence-electron chi connectivity index (χ3n) is 4.67. The van der Waals surface area contributed by atoms with Crippen molar-refractivity contribution in [3.8, 4) is 17.6 Å². The van der Waals surface area contributed by atoms with Crippen molar-refractivity contribution in [1.82, 2.24) is 4.98 Å². The second-order valence-electron chi connectivity index (χ2n) is 7.03. The number of halogens is 3. The van der Waals surface area contributed by atoms with Crippen LogP contribution in [0.3, 0.4) is 0 Å². The van der Waals surface area contributed by atoms with Crippen LogP contribution in [-0.2, 0) is 17.3 Å². The van der Waals surface area contributed by atoms with Crippen LogP contribution < -0.4 is 4.74 Å². The van der Waals surface area contributed by atoms with Gasteiger partial charge in [0.2, 0.25) is 0 Å². The number of ether oxygens (including phenoxy) is 2. The zero-order chi connectivity index (χ0) is 23.7. The minimum absolute atomic E-state index is 0.106. The van der Waals surface area contributed by atoms with Gasteiger partial charge in [0.25, 0.3) is 0 Å². The SMILES string of the molecule is CCOC(=O)c1ccc(C#Cc2ccccc2C(F)(F)F)c(CCCOc2cccnc2)c1. The van der Waals surface area contributed by atoms with Gasteiger partial charge in [-0.3, -0.25) is 4.98 Å². The van der Waals surface area contributed by atoms with Crippen LogP contribution in [0.25, 0.3) is 0 Å². The molecule has 0 fully saturated rings. The number of aryl methyl sites for hydroxylation is 1. The molecular formula is C26H22F3NO3. The standard InChI is InChI=1S/C26H22F3NO3/c1-2-32-25(31)22-14-12-19(11-13-20-7-3-4-10-24(20)26(27,28)29)21(17-22)8-6-16-33-23-9-5-15-30-18-23/h3-5,7,9-10,12,14-15,17-18H,2,6,8,16H2,1H3. The summed E-state index contributed by atoms with van der Waals surface area (Å²) in [5.74, 6) is 5.66. The van der Waals surface area contributed by atoms with Crippen molar-refractivity contribution >= 4 is 5.97 Å². The highest BCUT2D eigenvalue weighted by atomic mass is 19.4. The summed E-state index contributed by atoms with van der Waals surface area (Å²) in [5, 5.41) is 0. The molecular weight excluding hydrogens is 431 g/mol. The van der Waals surface area contributed by atoms with Crippen LogP contribution in [0.4, 0.5) is 13.2 Å². The first-order valence-corrected chi connectivity index (χ1v) is 10.4. The van der Waals surface area contributed by atoms with Crippen molar-refractivity contribution in [2.45, 2.75) is 25.9 Å². The molecule has 0 aliphatic rings. The lowest BCUT2D eigenvalue weighted by molar-refractivity contribution is -0.137. The molecule has 0 aliphatic carbocycles. The molecule has 0 saturated carbocycles. The second-order valence-corrected chi connectivity index (χ2v) is 7.03. The fourth-order valence-electron chi connectivity index (χ4n) is 3.12. The fraction of sp³-hybridized carbons (Fsp3) is 0.231. The largest absolute Gasteiger partial charge is 0.492 e. The fourth-order valence-corrected chi connectivity index (χ4v) is 3.12. The van der Waals surface area contributed by atoms with E-state index in [9.17, 15) is 18.0 Å². The molecule has 3 rings (SSSR count). The molecule has 0 N–H and O–H groups in total. The molecule has 7 heteroatoms. The molecule has 2 aromatic carbocycles. The zero-order valence-electron chi connectivity index (χ0n) is 18.0. The number of nitrogens with zero attached hydrogens (tertiary/aromatic N) is 1. The van der Waals surface area contributed by atoms with E-state index in [0.717, 1.165) is 11.6 Å². The molecule has 170 valence electrons.